The Labute approximate surface area is 117 Å². The van der Waals surface area contributed by atoms with Crippen molar-refractivity contribution in [3.8, 4) is 11.8 Å². The number of amides is 1. The number of carbonyl (C=O) groups is 1. The van der Waals surface area contributed by atoms with Gasteiger partial charge in [-0.2, -0.15) is 0 Å². The average molecular weight is 269 g/mol. The summed E-state index contributed by atoms with van der Waals surface area (Å²) in [7, 11) is 0. The number of nitrogens with one attached hydrogen (secondary N) is 1. The summed E-state index contributed by atoms with van der Waals surface area (Å²) in [5, 5.41) is 11.5. The van der Waals surface area contributed by atoms with Gasteiger partial charge in [-0.15, -0.1) is 0 Å². The normalized spacial score (nSPS) is 9.65. The van der Waals surface area contributed by atoms with Crippen molar-refractivity contribution >= 4 is 11.6 Å². The minimum Gasteiger partial charge on any atom is -0.384 e. The summed E-state index contributed by atoms with van der Waals surface area (Å²) >= 11 is 0. The van der Waals surface area contributed by atoms with E-state index in [0.717, 1.165) is 5.56 Å². The summed E-state index contributed by atoms with van der Waals surface area (Å²) < 4.78 is 1.85. The second-order valence-corrected chi connectivity index (χ2v) is 4.14. The van der Waals surface area contributed by atoms with Crippen molar-refractivity contribution in [3.05, 3.63) is 48.5 Å². The third kappa shape index (κ3) is 4.26. The predicted molar refractivity (Wildman–Crippen MR) is 75.9 cm³/mol. The number of anilines is 1. The Kier molecular flexibility index (Phi) is 4.93. The van der Waals surface area contributed by atoms with Crippen LogP contribution < -0.4 is 5.32 Å². The van der Waals surface area contributed by atoms with Crippen LogP contribution >= 0.6 is 0 Å². The molecule has 0 unspecified atom stereocenters. The Bertz CT molecular complexity index is 624. The van der Waals surface area contributed by atoms with Crippen LogP contribution in [0.2, 0.25) is 0 Å². The lowest BCUT2D eigenvalue weighted by Gasteiger charge is -2.06. The second kappa shape index (κ2) is 7.12. The molecule has 1 aromatic carbocycles. The molecule has 0 aliphatic heterocycles. The molecule has 2 rings (SSSR count). The number of imidazole rings is 1. The molecule has 0 saturated carbocycles. The summed E-state index contributed by atoms with van der Waals surface area (Å²) in [6.45, 7) is 0.414. The Morgan fingerprint density at radius 1 is 1.45 bits per heavy atom. The van der Waals surface area contributed by atoms with Gasteiger partial charge in [0, 0.05) is 36.6 Å². The van der Waals surface area contributed by atoms with Crippen LogP contribution in [0.15, 0.2) is 43.0 Å². The second-order valence-electron chi connectivity index (χ2n) is 4.14. The van der Waals surface area contributed by atoms with Crippen molar-refractivity contribution < 1.29 is 9.90 Å². The molecule has 102 valence electrons. The number of aliphatic hydroxyl groups is 1. The van der Waals surface area contributed by atoms with Crippen LogP contribution in [0.25, 0.3) is 0 Å². The first-order valence-corrected chi connectivity index (χ1v) is 6.23. The van der Waals surface area contributed by atoms with E-state index in [-0.39, 0.29) is 12.5 Å². The first-order chi connectivity index (χ1) is 9.78. The van der Waals surface area contributed by atoms with Gasteiger partial charge in [0.15, 0.2) is 0 Å². The Morgan fingerprint density at radius 2 is 2.35 bits per heavy atom. The quantitative estimate of drug-likeness (QED) is 0.821. The topological polar surface area (TPSA) is 67.2 Å². The van der Waals surface area contributed by atoms with E-state index in [4.69, 9.17) is 5.11 Å². The molecule has 0 aliphatic carbocycles. The van der Waals surface area contributed by atoms with Gasteiger partial charge in [0.1, 0.15) is 6.61 Å². The Balaban J connectivity index is 1.90. The number of rotatable bonds is 4. The molecular weight excluding hydrogens is 254 g/mol. The highest BCUT2D eigenvalue weighted by Crippen LogP contribution is 2.10. The smallest absolute Gasteiger partial charge is 0.226 e. The molecule has 0 atom stereocenters. The Hall–Kier alpha value is -2.58. The first-order valence-electron chi connectivity index (χ1n) is 6.23. The lowest BCUT2D eigenvalue weighted by molar-refractivity contribution is -0.116. The van der Waals surface area contributed by atoms with E-state index in [9.17, 15) is 4.79 Å². The number of carbonyl (C=O) groups excluding carboxylic acids is 1. The molecule has 0 radical (unpaired) electrons. The number of aromatic nitrogens is 2. The Morgan fingerprint density at radius 3 is 3.10 bits per heavy atom. The van der Waals surface area contributed by atoms with E-state index < -0.39 is 0 Å². The number of aryl methyl sites for hydroxylation is 1. The van der Waals surface area contributed by atoms with Crippen molar-refractivity contribution in [1.82, 2.24) is 9.55 Å². The van der Waals surface area contributed by atoms with Gasteiger partial charge in [-0.1, -0.05) is 17.9 Å². The van der Waals surface area contributed by atoms with Crippen LogP contribution in [0.5, 0.6) is 0 Å². The van der Waals surface area contributed by atoms with Gasteiger partial charge in [-0.05, 0) is 18.2 Å². The van der Waals surface area contributed by atoms with Crippen LogP contribution in [0.4, 0.5) is 5.69 Å². The van der Waals surface area contributed by atoms with Gasteiger partial charge in [0.2, 0.25) is 5.91 Å². The van der Waals surface area contributed by atoms with Gasteiger partial charge in [0.25, 0.3) is 0 Å². The maximum absolute atomic E-state index is 11.8. The summed E-state index contributed by atoms with van der Waals surface area (Å²) in [6, 6.07) is 7.22. The van der Waals surface area contributed by atoms with E-state index in [2.05, 4.69) is 22.1 Å². The average Bonchev–Trinajstić information content (AvgIpc) is 2.97. The van der Waals surface area contributed by atoms with Crippen LogP contribution in [0.3, 0.4) is 0 Å². The fraction of sp³-hybridized carbons (Fsp3) is 0.200. The van der Waals surface area contributed by atoms with Crippen molar-refractivity contribution in [2.75, 3.05) is 11.9 Å². The summed E-state index contributed by atoms with van der Waals surface area (Å²) in [5.74, 6) is 5.31. The molecule has 2 N–H and O–H groups in total. The van der Waals surface area contributed by atoms with Crippen molar-refractivity contribution in [1.29, 1.82) is 0 Å². The van der Waals surface area contributed by atoms with E-state index in [0.29, 0.717) is 18.7 Å². The largest absolute Gasteiger partial charge is 0.384 e. The van der Waals surface area contributed by atoms with E-state index >= 15 is 0 Å². The monoisotopic (exact) mass is 269 g/mol. The van der Waals surface area contributed by atoms with Crippen LogP contribution in [-0.4, -0.2) is 27.2 Å². The van der Waals surface area contributed by atoms with E-state index in [1.807, 2.05) is 22.9 Å². The molecule has 20 heavy (non-hydrogen) atoms. The van der Waals surface area contributed by atoms with Gasteiger partial charge in [-0.25, -0.2) is 4.98 Å². The molecule has 0 bridgehead atoms. The molecular formula is C15H15N3O2. The number of hydrogen-bond acceptors (Lipinski definition) is 3. The van der Waals surface area contributed by atoms with Gasteiger partial charge < -0.3 is 15.0 Å². The maximum atomic E-state index is 11.8. The molecule has 2 aromatic rings. The van der Waals surface area contributed by atoms with E-state index in [1.165, 1.54) is 0 Å². The molecule has 0 saturated heterocycles. The maximum Gasteiger partial charge on any atom is 0.226 e. The SMILES string of the molecule is O=C(CCn1ccnc1)Nc1cccc(C#CCO)c1. The summed E-state index contributed by atoms with van der Waals surface area (Å²) in [5.41, 5.74) is 1.46. The molecule has 5 nitrogen and oxygen atoms in total. The lowest BCUT2D eigenvalue weighted by atomic mass is 10.2. The van der Waals surface area contributed by atoms with E-state index in [1.54, 1.807) is 24.7 Å². The molecule has 0 aliphatic rings. The summed E-state index contributed by atoms with van der Waals surface area (Å²) in [6.07, 6.45) is 5.56. The molecule has 0 fully saturated rings. The highest BCUT2D eigenvalue weighted by atomic mass is 16.2. The number of nitrogens with zero attached hydrogens (tertiary/aromatic N) is 2. The molecule has 0 spiro atoms. The van der Waals surface area contributed by atoms with Crippen LogP contribution in [-0.2, 0) is 11.3 Å². The number of hydrogen-bond donors (Lipinski definition) is 2. The van der Waals surface area contributed by atoms with Crippen LogP contribution in [0.1, 0.15) is 12.0 Å². The highest BCUT2D eigenvalue weighted by molar-refractivity contribution is 5.90. The first kappa shape index (κ1) is 13.8. The molecule has 5 heteroatoms. The fourth-order valence-electron chi connectivity index (χ4n) is 1.69. The zero-order valence-electron chi connectivity index (χ0n) is 10.9. The highest BCUT2D eigenvalue weighted by Gasteiger charge is 2.03. The standard InChI is InChI=1S/C15H15N3O2/c19-10-2-4-13-3-1-5-14(11-13)17-15(20)6-8-18-9-7-16-12-18/h1,3,5,7,9,11-12,19H,6,8,10H2,(H,17,20). The minimum absolute atomic E-state index is 0.0639. The molecule has 1 aromatic heterocycles. The third-order valence-electron chi connectivity index (χ3n) is 2.61. The molecule has 1 amide bonds. The minimum atomic E-state index is -0.179. The number of benzene rings is 1. The van der Waals surface area contributed by atoms with Gasteiger partial charge in [-0.3, -0.25) is 4.79 Å². The van der Waals surface area contributed by atoms with Crippen LogP contribution in [0, 0.1) is 11.8 Å². The number of aliphatic hydroxyl groups excluding tert-OH is 1. The van der Waals surface area contributed by atoms with Gasteiger partial charge in [0.05, 0.1) is 6.33 Å². The van der Waals surface area contributed by atoms with Crippen molar-refractivity contribution in [2.24, 2.45) is 0 Å². The molecule has 1 heterocycles. The van der Waals surface area contributed by atoms with Crippen molar-refractivity contribution in [3.63, 3.8) is 0 Å². The zero-order chi connectivity index (χ0) is 14.2. The zero-order valence-corrected chi connectivity index (χ0v) is 10.9. The third-order valence-corrected chi connectivity index (χ3v) is 2.61. The fourth-order valence-corrected chi connectivity index (χ4v) is 1.69. The van der Waals surface area contributed by atoms with Crippen molar-refractivity contribution in [2.45, 2.75) is 13.0 Å². The van der Waals surface area contributed by atoms with Gasteiger partial charge >= 0.3 is 0 Å². The summed E-state index contributed by atoms with van der Waals surface area (Å²) in [4.78, 5) is 15.7. The lowest BCUT2D eigenvalue weighted by Crippen LogP contribution is -2.14. The predicted octanol–water partition coefficient (Wildman–Crippen LogP) is 1.26.